The fourth-order valence-corrected chi connectivity index (χ4v) is 3.62. The predicted molar refractivity (Wildman–Crippen MR) is 131 cm³/mol. The van der Waals surface area contributed by atoms with Crippen LogP contribution in [-0.2, 0) is 13.2 Å². The van der Waals surface area contributed by atoms with Crippen LogP contribution in [0.3, 0.4) is 0 Å². The minimum atomic E-state index is 0.0405. The molecule has 3 aromatic rings. The van der Waals surface area contributed by atoms with Crippen molar-refractivity contribution in [3.63, 3.8) is 0 Å². The van der Waals surface area contributed by atoms with Crippen molar-refractivity contribution in [3.8, 4) is 28.2 Å². The van der Waals surface area contributed by atoms with Gasteiger partial charge in [-0.25, -0.2) is 4.98 Å². The van der Waals surface area contributed by atoms with Gasteiger partial charge in [0.15, 0.2) is 0 Å². The summed E-state index contributed by atoms with van der Waals surface area (Å²) in [5.74, 6) is 7.22. The van der Waals surface area contributed by atoms with Gasteiger partial charge < -0.3 is 4.74 Å². The molecule has 0 spiro atoms. The molecule has 0 N–H and O–H groups in total. The normalized spacial score (nSPS) is 11.5. The molecule has 3 nitrogen and oxygen atoms in total. The highest BCUT2D eigenvalue weighted by atomic mass is 32.1. The first-order valence-electron chi connectivity index (χ1n) is 10.5. The van der Waals surface area contributed by atoms with Gasteiger partial charge in [-0.05, 0) is 63.2 Å². The van der Waals surface area contributed by atoms with Gasteiger partial charge in [0.1, 0.15) is 17.4 Å². The Bertz CT molecular complexity index is 1050. The van der Waals surface area contributed by atoms with Gasteiger partial charge in [-0.3, -0.25) is 4.90 Å². The molecule has 0 aliphatic heterocycles. The average molecular weight is 431 g/mol. The van der Waals surface area contributed by atoms with Crippen LogP contribution in [0.25, 0.3) is 10.6 Å². The maximum atomic E-state index is 6.06. The van der Waals surface area contributed by atoms with E-state index in [4.69, 9.17) is 4.74 Å². The molecule has 0 saturated heterocycles. The van der Waals surface area contributed by atoms with E-state index in [0.717, 1.165) is 35.0 Å². The molecule has 2 aromatic carbocycles. The third-order valence-electron chi connectivity index (χ3n) is 4.43. The van der Waals surface area contributed by atoms with Crippen LogP contribution in [0.2, 0.25) is 0 Å². The highest BCUT2D eigenvalue weighted by Gasteiger charge is 2.05. The fraction of sp³-hybridized carbons (Fsp3) is 0.296. The van der Waals surface area contributed by atoms with Gasteiger partial charge in [-0.15, -0.1) is 11.3 Å². The summed E-state index contributed by atoms with van der Waals surface area (Å²) in [4.78, 5) is 6.64. The maximum Gasteiger partial charge on any atom is 0.123 e. The zero-order valence-corrected chi connectivity index (χ0v) is 19.6. The summed E-state index contributed by atoms with van der Waals surface area (Å²) in [7, 11) is 2.11. The number of hydrogen-bond acceptors (Lipinski definition) is 4. The second-order valence-electron chi connectivity index (χ2n) is 8.59. The van der Waals surface area contributed by atoms with Crippen LogP contribution in [0, 0.1) is 17.3 Å². The minimum Gasteiger partial charge on any atom is -0.489 e. The number of likely N-dealkylation sites (N-methyl/N-ethyl adjacent to an activating group) is 1. The number of rotatable bonds is 8. The second kappa shape index (κ2) is 10.9. The molecule has 31 heavy (non-hydrogen) atoms. The van der Waals surface area contributed by atoms with Crippen LogP contribution in [-0.4, -0.2) is 23.5 Å². The van der Waals surface area contributed by atoms with Crippen molar-refractivity contribution in [2.75, 3.05) is 13.6 Å². The molecular formula is C27H30N2OS. The molecule has 0 aliphatic rings. The van der Waals surface area contributed by atoms with Gasteiger partial charge in [0.05, 0.1) is 0 Å². The van der Waals surface area contributed by atoms with Crippen LogP contribution in [0.1, 0.15) is 31.9 Å². The van der Waals surface area contributed by atoms with Gasteiger partial charge in [-0.1, -0.05) is 48.2 Å². The molecule has 0 bridgehead atoms. The molecule has 160 valence electrons. The summed E-state index contributed by atoms with van der Waals surface area (Å²) in [6, 6.07) is 16.7. The Morgan fingerprint density at radius 3 is 2.68 bits per heavy atom. The number of thiazole rings is 1. The second-order valence-corrected chi connectivity index (χ2v) is 9.49. The van der Waals surface area contributed by atoms with Crippen molar-refractivity contribution in [1.29, 1.82) is 0 Å². The van der Waals surface area contributed by atoms with E-state index in [0.29, 0.717) is 6.61 Å². The monoisotopic (exact) mass is 430 g/mol. The molecule has 0 radical (unpaired) electrons. The lowest BCUT2D eigenvalue weighted by atomic mass is 9.98. The molecule has 0 unspecified atom stereocenters. The first-order valence-corrected chi connectivity index (χ1v) is 11.3. The third-order valence-corrected chi connectivity index (χ3v) is 5.25. The Labute approximate surface area is 190 Å². The van der Waals surface area contributed by atoms with E-state index in [2.05, 4.69) is 98.1 Å². The number of hydrogen-bond donors (Lipinski definition) is 0. The molecule has 1 aromatic heterocycles. The number of benzene rings is 2. The lowest BCUT2D eigenvalue weighted by Crippen LogP contribution is -2.17. The van der Waals surface area contributed by atoms with Gasteiger partial charge in [-0.2, -0.15) is 0 Å². The van der Waals surface area contributed by atoms with Crippen molar-refractivity contribution < 1.29 is 4.74 Å². The molecule has 0 amide bonds. The van der Waals surface area contributed by atoms with Crippen LogP contribution in [0.5, 0.6) is 5.75 Å². The molecule has 0 atom stereocenters. The first-order chi connectivity index (χ1) is 14.9. The fourth-order valence-electron chi connectivity index (χ4n) is 2.99. The summed E-state index contributed by atoms with van der Waals surface area (Å²) in [6.07, 6.45) is 5.89. The van der Waals surface area contributed by atoms with Gasteiger partial charge in [0.2, 0.25) is 0 Å². The SMILES string of the molecule is CN(CC=CC#CC(C)(C)C)Cc1cccc(OCc2cccc(-c3nccs3)c2)c1. The Morgan fingerprint density at radius 1 is 1.10 bits per heavy atom. The number of allylic oxidation sites excluding steroid dienone is 1. The summed E-state index contributed by atoms with van der Waals surface area (Å²) >= 11 is 1.65. The molecule has 4 heteroatoms. The van der Waals surface area contributed by atoms with Crippen molar-refractivity contribution in [3.05, 3.63) is 83.4 Å². The van der Waals surface area contributed by atoms with Crippen LogP contribution < -0.4 is 4.74 Å². The highest BCUT2D eigenvalue weighted by Crippen LogP contribution is 2.23. The summed E-state index contributed by atoms with van der Waals surface area (Å²) in [6.45, 7) is 8.60. The van der Waals surface area contributed by atoms with E-state index >= 15 is 0 Å². The van der Waals surface area contributed by atoms with E-state index in [-0.39, 0.29) is 5.41 Å². The van der Waals surface area contributed by atoms with E-state index in [1.54, 1.807) is 11.3 Å². The zero-order chi connectivity index (χ0) is 22.1. The molecule has 0 aliphatic carbocycles. The number of aromatic nitrogens is 1. The molecule has 0 fully saturated rings. The Morgan fingerprint density at radius 2 is 1.90 bits per heavy atom. The van der Waals surface area contributed by atoms with E-state index in [1.165, 1.54) is 5.56 Å². The van der Waals surface area contributed by atoms with Crippen molar-refractivity contribution in [2.45, 2.75) is 33.9 Å². The number of nitrogens with zero attached hydrogens (tertiary/aromatic N) is 2. The first kappa shape index (κ1) is 22.8. The van der Waals surface area contributed by atoms with E-state index < -0.39 is 0 Å². The maximum absolute atomic E-state index is 6.06. The Balaban J connectivity index is 1.53. The van der Waals surface area contributed by atoms with Crippen LogP contribution >= 0.6 is 11.3 Å². The van der Waals surface area contributed by atoms with Gasteiger partial charge >= 0.3 is 0 Å². The molecule has 3 rings (SSSR count). The lowest BCUT2D eigenvalue weighted by molar-refractivity contribution is 0.304. The highest BCUT2D eigenvalue weighted by molar-refractivity contribution is 7.13. The smallest absolute Gasteiger partial charge is 0.123 e. The Kier molecular flexibility index (Phi) is 8.06. The van der Waals surface area contributed by atoms with Crippen molar-refractivity contribution in [2.24, 2.45) is 5.41 Å². The molecule has 0 saturated carbocycles. The van der Waals surface area contributed by atoms with Gasteiger partial charge in [0.25, 0.3) is 0 Å². The minimum absolute atomic E-state index is 0.0405. The standard InChI is InChI=1S/C27H30N2OS/c1-27(2,3)14-6-5-7-16-29(4)20-22-10-9-13-25(19-22)30-21-23-11-8-12-24(18-23)26-28-15-17-31-26/h5,7-13,15,17-19H,16,20-21H2,1-4H3. The zero-order valence-electron chi connectivity index (χ0n) is 18.8. The van der Waals surface area contributed by atoms with Crippen molar-refractivity contribution >= 4 is 11.3 Å². The van der Waals surface area contributed by atoms with Gasteiger partial charge in [0, 0.05) is 35.6 Å². The van der Waals surface area contributed by atoms with Crippen LogP contribution in [0.4, 0.5) is 0 Å². The lowest BCUT2D eigenvalue weighted by Gasteiger charge is -2.15. The number of ether oxygens (including phenoxy) is 1. The molecule has 1 heterocycles. The summed E-state index contributed by atoms with van der Waals surface area (Å²) in [5.41, 5.74) is 3.54. The predicted octanol–water partition coefficient (Wildman–Crippen LogP) is 6.43. The van der Waals surface area contributed by atoms with E-state index in [1.807, 2.05) is 23.7 Å². The van der Waals surface area contributed by atoms with Crippen molar-refractivity contribution in [1.82, 2.24) is 9.88 Å². The Hall–Kier alpha value is -2.87. The van der Waals surface area contributed by atoms with Crippen LogP contribution in [0.15, 0.2) is 72.3 Å². The molecular weight excluding hydrogens is 400 g/mol. The topological polar surface area (TPSA) is 25.4 Å². The summed E-state index contributed by atoms with van der Waals surface area (Å²) in [5, 5.41) is 3.03. The summed E-state index contributed by atoms with van der Waals surface area (Å²) < 4.78 is 6.06. The quantitative estimate of drug-likeness (QED) is 0.385. The largest absolute Gasteiger partial charge is 0.489 e. The third kappa shape index (κ3) is 8.05. The average Bonchev–Trinajstić information content (AvgIpc) is 3.27. The van der Waals surface area contributed by atoms with E-state index in [9.17, 15) is 0 Å².